The quantitative estimate of drug-likeness (QED) is 0.164. The number of benzene rings is 9. The molecule has 53 heavy (non-hydrogen) atoms. The molecule has 2 heteroatoms. The summed E-state index contributed by atoms with van der Waals surface area (Å²) >= 11 is 1.85. The fourth-order valence-corrected chi connectivity index (χ4v) is 10.7. The molecule has 0 atom stereocenters. The summed E-state index contributed by atoms with van der Waals surface area (Å²) in [6.07, 6.45) is 0. The van der Waals surface area contributed by atoms with Crippen LogP contribution in [0.2, 0.25) is 0 Å². The van der Waals surface area contributed by atoms with E-state index in [-0.39, 0.29) is 5.41 Å². The SMILES string of the molecule is CC1(C)c2ccccc2-c2ccc(-c3c4ccccc4c(-c4ccc5c(c4)oc4cc6sc7ccc8ccccc8c7c6cc45)c4ccccc34)cc21. The molecule has 11 aromatic rings. The average Bonchev–Trinajstić information content (AvgIpc) is 3.82. The number of hydrogen-bond acceptors (Lipinski definition) is 2. The van der Waals surface area contributed by atoms with Gasteiger partial charge in [0.1, 0.15) is 11.2 Å². The minimum atomic E-state index is -0.0640. The second-order valence-corrected chi connectivity index (χ2v) is 16.3. The Balaban J connectivity index is 1.07. The van der Waals surface area contributed by atoms with E-state index >= 15 is 0 Å². The van der Waals surface area contributed by atoms with E-state index in [9.17, 15) is 0 Å². The van der Waals surface area contributed by atoms with Crippen molar-refractivity contribution in [3.05, 3.63) is 169 Å². The van der Waals surface area contributed by atoms with Crippen LogP contribution in [0, 0.1) is 0 Å². The molecule has 0 spiro atoms. The van der Waals surface area contributed by atoms with E-state index in [1.54, 1.807) is 0 Å². The van der Waals surface area contributed by atoms with Crippen LogP contribution in [0.1, 0.15) is 25.0 Å². The van der Waals surface area contributed by atoms with Gasteiger partial charge in [0.2, 0.25) is 0 Å². The van der Waals surface area contributed by atoms with Gasteiger partial charge in [-0.2, -0.15) is 0 Å². The molecule has 0 unspecified atom stereocenters. The fraction of sp³-hybridized carbons (Fsp3) is 0.0588. The van der Waals surface area contributed by atoms with Crippen molar-refractivity contribution in [2.75, 3.05) is 0 Å². The maximum absolute atomic E-state index is 6.72. The number of thiophene rings is 1. The summed E-state index contributed by atoms with van der Waals surface area (Å²) < 4.78 is 9.29. The maximum atomic E-state index is 6.72. The van der Waals surface area contributed by atoms with E-state index in [0.717, 1.165) is 16.6 Å². The Morgan fingerprint density at radius 2 is 1.02 bits per heavy atom. The van der Waals surface area contributed by atoms with Gasteiger partial charge in [-0.1, -0.05) is 135 Å². The van der Waals surface area contributed by atoms with E-state index < -0.39 is 0 Å². The van der Waals surface area contributed by atoms with Gasteiger partial charge in [0.25, 0.3) is 0 Å². The van der Waals surface area contributed by atoms with Crippen LogP contribution < -0.4 is 0 Å². The summed E-state index contributed by atoms with van der Waals surface area (Å²) in [5, 5.41) is 12.6. The Kier molecular flexibility index (Phi) is 5.78. The molecule has 9 aromatic carbocycles. The van der Waals surface area contributed by atoms with Crippen LogP contribution in [0.4, 0.5) is 0 Å². The topological polar surface area (TPSA) is 13.1 Å². The Labute approximate surface area is 310 Å². The molecule has 0 fully saturated rings. The van der Waals surface area contributed by atoms with Crippen LogP contribution >= 0.6 is 11.3 Å². The number of fused-ring (bicyclic) bond motifs is 13. The summed E-state index contributed by atoms with van der Waals surface area (Å²) in [6, 6.07) is 58.6. The van der Waals surface area contributed by atoms with Gasteiger partial charge in [-0.05, 0) is 113 Å². The minimum Gasteiger partial charge on any atom is -0.456 e. The second-order valence-electron chi connectivity index (χ2n) is 15.2. The van der Waals surface area contributed by atoms with Gasteiger partial charge in [-0.15, -0.1) is 11.3 Å². The third kappa shape index (κ3) is 3.96. The highest BCUT2D eigenvalue weighted by molar-refractivity contribution is 7.26. The maximum Gasteiger partial charge on any atom is 0.136 e. The molecule has 248 valence electrons. The first-order chi connectivity index (χ1) is 26.0. The van der Waals surface area contributed by atoms with Gasteiger partial charge < -0.3 is 4.42 Å². The monoisotopic (exact) mass is 692 g/mol. The summed E-state index contributed by atoms with van der Waals surface area (Å²) in [4.78, 5) is 0. The van der Waals surface area contributed by atoms with Crippen molar-refractivity contribution in [2.24, 2.45) is 0 Å². The number of rotatable bonds is 2. The predicted molar refractivity (Wildman–Crippen MR) is 228 cm³/mol. The summed E-state index contributed by atoms with van der Waals surface area (Å²) in [5.41, 5.74) is 12.3. The normalized spacial score (nSPS) is 13.6. The first kappa shape index (κ1) is 29.4. The summed E-state index contributed by atoms with van der Waals surface area (Å²) in [6.45, 7) is 4.73. The lowest BCUT2D eigenvalue weighted by molar-refractivity contribution is 0.660. The van der Waals surface area contributed by atoms with Gasteiger partial charge in [-0.3, -0.25) is 0 Å². The van der Waals surface area contributed by atoms with Crippen molar-refractivity contribution in [1.29, 1.82) is 0 Å². The van der Waals surface area contributed by atoms with Crippen molar-refractivity contribution in [1.82, 2.24) is 0 Å². The van der Waals surface area contributed by atoms with E-state index in [1.807, 2.05) is 11.3 Å². The lowest BCUT2D eigenvalue weighted by Crippen LogP contribution is -2.14. The van der Waals surface area contributed by atoms with E-state index in [0.29, 0.717) is 0 Å². The predicted octanol–water partition coefficient (Wildman–Crippen LogP) is 15.1. The van der Waals surface area contributed by atoms with Gasteiger partial charge in [0, 0.05) is 36.4 Å². The highest BCUT2D eigenvalue weighted by Crippen LogP contribution is 2.51. The molecule has 0 amide bonds. The largest absolute Gasteiger partial charge is 0.456 e. The van der Waals surface area contributed by atoms with E-state index in [2.05, 4.69) is 172 Å². The van der Waals surface area contributed by atoms with Crippen LogP contribution in [0.15, 0.2) is 162 Å². The minimum absolute atomic E-state index is 0.0640. The first-order valence-electron chi connectivity index (χ1n) is 18.4. The van der Waals surface area contributed by atoms with Crippen molar-refractivity contribution in [2.45, 2.75) is 19.3 Å². The molecular formula is C51H32OS. The summed E-state index contributed by atoms with van der Waals surface area (Å²) in [5.74, 6) is 0. The van der Waals surface area contributed by atoms with Gasteiger partial charge in [0.15, 0.2) is 0 Å². The number of hydrogen-bond donors (Lipinski definition) is 0. The molecule has 0 saturated heterocycles. The first-order valence-corrected chi connectivity index (χ1v) is 19.2. The van der Waals surface area contributed by atoms with Crippen LogP contribution in [-0.4, -0.2) is 0 Å². The van der Waals surface area contributed by atoms with Crippen molar-refractivity contribution in [3.8, 4) is 33.4 Å². The second kappa shape index (κ2) is 10.4. The lowest BCUT2D eigenvalue weighted by Gasteiger charge is -2.23. The Bertz CT molecular complexity index is 3320. The molecule has 1 nitrogen and oxygen atoms in total. The molecule has 0 bridgehead atoms. The van der Waals surface area contributed by atoms with Crippen LogP contribution in [0.3, 0.4) is 0 Å². The van der Waals surface area contributed by atoms with Crippen molar-refractivity contribution >= 4 is 85.8 Å². The lowest BCUT2D eigenvalue weighted by atomic mass is 9.80. The third-order valence-electron chi connectivity index (χ3n) is 12.0. The van der Waals surface area contributed by atoms with Crippen molar-refractivity contribution < 1.29 is 4.42 Å². The zero-order chi connectivity index (χ0) is 35.0. The molecule has 2 heterocycles. The third-order valence-corrected chi connectivity index (χ3v) is 13.2. The fourth-order valence-electron chi connectivity index (χ4n) is 9.58. The standard InChI is InChI=1S/C51H32OS/c1-51(2)42-18-10-9-13-33(42)34-22-19-30(25-43(34)51)48-36-14-5-7-16-38(36)49(39-17-8-6-15-37(39)48)31-20-23-35-40-27-41-47(28-45(40)52-44(35)26-31)53-46-24-21-29-11-3-4-12-32(29)50(41)46/h3-28H,1-2H3. The van der Waals surface area contributed by atoms with Gasteiger partial charge in [-0.25, -0.2) is 0 Å². The zero-order valence-electron chi connectivity index (χ0n) is 29.3. The Hall–Kier alpha value is -6.22. The Morgan fingerprint density at radius 3 is 1.77 bits per heavy atom. The molecule has 0 radical (unpaired) electrons. The molecule has 0 N–H and O–H groups in total. The molecule has 12 rings (SSSR count). The van der Waals surface area contributed by atoms with Crippen LogP contribution in [0.5, 0.6) is 0 Å². The molecular weight excluding hydrogens is 661 g/mol. The van der Waals surface area contributed by atoms with Crippen LogP contribution in [-0.2, 0) is 5.41 Å². The van der Waals surface area contributed by atoms with Crippen molar-refractivity contribution in [3.63, 3.8) is 0 Å². The van der Waals surface area contributed by atoms with Gasteiger partial charge in [0.05, 0.1) is 0 Å². The summed E-state index contributed by atoms with van der Waals surface area (Å²) in [7, 11) is 0. The Morgan fingerprint density at radius 1 is 0.415 bits per heavy atom. The van der Waals surface area contributed by atoms with Gasteiger partial charge >= 0.3 is 0 Å². The highest BCUT2D eigenvalue weighted by atomic mass is 32.1. The average molecular weight is 693 g/mol. The number of furan rings is 1. The molecule has 0 aliphatic heterocycles. The van der Waals surface area contributed by atoms with Crippen LogP contribution in [0.25, 0.3) is 108 Å². The zero-order valence-corrected chi connectivity index (χ0v) is 30.1. The molecule has 2 aromatic heterocycles. The molecule has 1 aliphatic carbocycles. The highest BCUT2D eigenvalue weighted by Gasteiger charge is 2.35. The molecule has 1 aliphatic rings. The van der Waals surface area contributed by atoms with E-state index in [4.69, 9.17) is 4.42 Å². The smallest absolute Gasteiger partial charge is 0.136 e. The molecule has 0 saturated carbocycles. The van der Waals surface area contributed by atoms with E-state index in [1.165, 1.54) is 102 Å².